The topological polar surface area (TPSA) is 97.7 Å². The lowest BCUT2D eigenvalue weighted by molar-refractivity contribution is -0.162. The van der Waals surface area contributed by atoms with Crippen LogP contribution in [0.1, 0.15) is 45.4 Å². The molecule has 0 radical (unpaired) electrons. The molecule has 0 spiro atoms. The molecule has 0 bridgehead atoms. The van der Waals surface area contributed by atoms with Gasteiger partial charge in [-0.25, -0.2) is 4.79 Å². The van der Waals surface area contributed by atoms with E-state index in [1.165, 1.54) is 13.5 Å². The van der Waals surface area contributed by atoms with Crippen LogP contribution in [0.4, 0.5) is 0 Å². The van der Waals surface area contributed by atoms with Crippen LogP contribution >= 0.6 is 0 Å². The van der Waals surface area contributed by atoms with Gasteiger partial charge in [-0.1, -0.05) is 19.3 Å². The van der Waals surface area contributed by atoms with Gasteiger partial charge in [0, 0.05) is 6.42 Å². The molecule has 1 heterocycles. The summed E-state index contributed by atoms with van der Waals surface area (Å²) in [7, 11) is 1.30. The molecule has 0 aromatic rings. The number of nitrogens with two attached hydrogens (primary N) is 1. The lowest BCUT2D eigenvalue weighted by atomic mass is 9.90. The largest absolute Gasteiger partial charge is 0.466 e. The van der Waals surface area contributed by atoms with Crippen molar-refractivity contribution in [2.45, 2.75) is 57.1 Å². The number of nitrogens with zero attached hydrogens (tertiary/aromatic N) is 2. The van der Waals surface area contributed by atoms with Gasteiger partial charge in [0.05, 0.1) is 18.9 Å². The minimum absolute atomic E-state index is 0.0498. The van der Waals surface area contributed by atoms with Gasteiger partial charge < -0.3 is 15.2 Å². The molecule has 2 aliphatic rings. The van der Waals surface area contributed by atoms with Crippen LogP contribution in [0.5, 0.6) is 0 Å². The molecule has 0 saturated heterocycles. The zero-order valence-corrected chi connectivity index (χ0v) is 12.5. The predicted molar refractivity (Wildman–Crippen MR) is 77.3 cm³/mol. The van der Waals surface area contributed by atoms with E-state index in [2.05, 4.69) is 4.99 Å². The van der Waals surface area contributed by atoms with Crippen LogP contribution < -0.4 is 5.73 Å². The molecular formula is C15H21N3O3. The average Bonchev–Trinajstić information content (AvgIpc) is 2.47. The fraction of sp³-hybridized carbons (Fsp3) is 0.667. The molecule has 2 rings (SSSR count). The van der Waals surface area contributed by atoms with E-state index in [1.807, 2.05) is 6.07 Å². The third-order valence-electron chi connectivity index (χ3n) is 4.02. The van der Waals surface area contributed by atoms with Gasteiger partial charge in [-0.15, -0.1) is 0 Å². The summed E-state index contributed by atoms with van der Waals surface area (Å²) in [5, 5.41) is 9.26. The van der Waals surface area contributed by atoms with Gasteiger partial charge in [-0.05, 0) is 19.8 Å². The number of allylic oxidation sites excluding steroid dienone is 1. The van der Waals surface area contributed by atoms with Crippen LogP contribution in [0.2, 0.25) is 0 Å². The number of rotatable bonds is 2. The Morgan fingerprint density at radius 1 is 1.48 bits per heavy atom. The summed E-state index contributed by atoms with van der Waals surface area (Å²) in [5.41, 5.74) is 5.38. The monoisotopic (exact) mass is 291 g/mol. The first-order valence-corrected chi connectivity index (χ1v) is 7.24. The number of esters is 1. The number of hydrogen-bond acceptors (Lipinski definition) is 6. The van der Waals surface area contributed by atoms with E-state index in [4.69, 9.17) is 15.2 Å². The number of ether oxygens (including phenoxy) is 2. The summed E-state index contributed by atoms with van der Waals surface area (Å²) in [5.74, 6) is -0.565. The normalized spacial score (nSPS) is 28.9. The van der Waals surface area contributed by atoms with Crippen molar-refractivity contribution in [3.63, 3.8) is 0 Å². The summed E-state index contributed by atoms with van der Waals surface area (Å²) in [6.07, 6.45) is 5.75. The lowest BCUT2D eigenvalue weighted by Gasteiger charge is -2.33. The maximum Gasteiger partial charge on any atom is 0.350 e. The smallest absolute Gasteiger partial charge is 0.350 e. The number of carbonyl (C=O) groups is 1. The molecular weight excluding hydrogens is 270 g/mol. The molecule has 0 aromatic heterocycles. The first-order chi connectivity index (χ1) is 10.00. The van der Waals surface area contributed by atoms with Gasteiger partial charge in [-0.2, -0.15) is 5.26 Å². The number of methoxy groups -OCH3 is 1. The van der Waals surface area contributed by atoms with Gasteiger partial charge in [0.25, 0.3) is 0 Å². The van der Waals surface area contributed by atoms with Crippen molar-refractivity contribution in [1.29, 1.82) is 5.26 Å². The second kappa shape index (κ2) is 6.17. The van der Waals surface area contributed by atoms with E-state index in [9.17, 15) is 10.1 Å². The van der Waals surface area contributed by atoms with E-state index in [0.29, 0.717) is 5.71 Å². The van der Waals surface area contributed by atoms with E-state index in [0.717, 1.165) is 25.7 Å². The summed E-state index contributed by atoms with van der Waals surface area (Å²) in [6, 6.07) is 2.23. The highest BCUT2D eigenvalue weighted by Crippen LogP contribution is 2.30. The highest BCUT2D eigenvalue weighted by atomic mass is 16.6. The van der Waals surface area contributed by atoms with E-state index in [-0.39, 0.29) is 23.9 Å². The Balaban J connectivity index is 2.32. The van der Waals surface area contributed by atoms with Crippen molar-refractivity contribution >= 4 is 11.7 Å². The quantitative estimate of drug-likeness (QED) is 0.782. The van der Waals surface area contributed by atoms with Crippen LogP contribution in [0, 0.1) is 11.3 Å². The van der Waals surface area contributed by atoms with Crippen LogP contribution in [-0.4, -0.2) is 30.4 Å². The van der Waals surface area contributed by atoms with Gasteiger partial charge >= 0.3 is 5.97 Å². The molecule has 1 saturated carbocycles. The molecule has 6 nitrogen and oxygen atoms in total. The molecule has 1 atom stereocenters. The Morgan fingerprint density at radius 3 is 2.71 bits per heavy atom. The molecule has 2 N–H and O–H groups in total. The number of aliphatic imine (C=N–C) groups is 1. The Labute approximate surface area is 124 Å². The first kappa shape index (κ1) is 15.4. The minimum atomic E-state index is -1.22. The van der Waals surface area contributed by atoms with Crippen molar-refractivity contribution < 1.29 is 14.3 Å². The fourth-order valence-corrected chi connectivity index (χ4v) is 2.87. The third-order valence-corrected chi connectivity index (χ3v) is 4.02. The molecule has 1 aliphatic heterocycles. The van der Waals surface area contributed by atoms with Crippen LogP contribution in [0.25, 0.3) is 0 Å². The zero-order chi connectivity index (χ0) is 15.5. The number of hydrogen-bond donors (Lipinski definition) is 1. The SMILES string of the molecule is COC(=O)C1(C)CC(=NC2CCCCC2)C(C#N)=C(N)O1. The molecule has 1 aliphatic carbocycles. The van der Waals surface area contributed by atoms with E-state index >= 15 is 0 Å². The highest BCUT2D eigenvalue weighted by Gasteiger charge is 2.44. The summed E-state index contributed by atoms with van der Waals surface area (Å²) in [4.78, 5) is 16.6. The van der Waals surface area contributed by atoms with Gasteiger partial charge in [0.1, 0.15) is 11.6 Å². The molecule has 21 heavy (non-hydrogen) atoms. The Kier molecular flexibility index (Phi) is 4.51. The maximum atomic E-state index is 11.9. The summed E-state index contributed by atoms with van der Waals surface area (Å²) >= 11 is 0. The molecule has 0 aromatic carbocycles. The van der Waals surface area contributed by atoms with Crippen molar-refractivity contribution in [3.05, 3.63) is 11.5 Å². The molecule has 0 amide bonds. The zero-order valence-electron chi connectivity index (χ0n) is 12.5. The standard InChI is InChI=1S/C15H21N3O3/c1-15(14(19)20-2)8-12(11(9-16)13(17)21-15)18-10-6-4-3-5-7-10/h10H,3-8,17H2,1-2H3. The van der Waals surface area contributed by atoms with Crippen LogP contribution in [0.15, 0.2) is 16.4 Å². The van der Waals surface area contributed by atoms with E-state index in [1.54, 1.807) is 6.92 Å². The Bertz CT molecular complexity index is 527. The summed E-state index contributed by atoms with van der Waals surface area (Å²) in [6.45, 7) is 1.61. The highest BCUT2D eigenvalue weighted by molar-refractivity contribution is 6.07. The summed E-state index contributed by atoms with van der Waals surface area (Å²) < 4.78 is 10.2. The van der Waals surface area contributed by atoms with Crippen molar-refractivity contribution in [2.75, 3.05) is 7.11 Å². The molecule has 114 valence electrons. The van der Waals surface area contributed by atoms with E-state index < -0.39 is 11.6 Å². The Morgan fingerprint density at radius 2 is 2.14 bits per heavy atom. The van der Waals surface area contributed by atoms with Crippen molar-refractivity contribution in [1.82, 2.24) is 0 Å². The molecule has 1 fully saturated rings. The lowest BCUT2D eigenvalue weighted by Crippen LogP contribution is -2.46. The number of carbonyl (C=O) groups excluding carboxylic acids is 1. The number of nitriles is 1. The van der Waals surface area contributed by atoms with Gasteiger partial charge in [0.15, 0.2) is 0 Å². The minimum Gasteiger partial charge on any atom is -0.466 e. The molecule has 6 heteroatoms. The predicted octanol–water partition coefficient (Wildman–Crippen LogP) is 1.81. The first-order valence-electron chi connectivity index (χ1n) is 7.24. The molecule has 1 unspecified atom stereocenters. The average molecular weight is 291 g/mol. The van der Waals surface area contributed by atoms with Crippen LogP contribution in [-0.2, 0) is 14.3 Å². The van der Waals surface area contributed by atoms with Crippen LogP contribution in [0.3, 0.4) is 0 Å². The Hall–Kier alpha value is -2.03. The van der Waals surface area contributed by atoms with Crippen molar-refractivity contribution in [3.8, 4) is 6.07 Å². The van der Waals surface area contributed by atoms with Crippen molar-refractivity contribution in [2.24, 2.45) is 10.7 Å². The van der Waals surface area contributed by atoms with Gasteiger partial charge in [0.2, 0.25) is 11.5 Å². The second-order valence-electron chi connectivity index (χ2n) is 5.72. The third kappa shape index (κ3) is 3.18. The fourth-order valence-electron chi connectivity index (χ4n) is 2.87. The second-order valence-corrected chi connectivity index (χ2v) is 5.72. The van der Waals surface area contributed by atoms with Gasteiger partial charge in [-0.3, -0.25) is 4.99 Å². The maximum absolute atomic E-state index is 11.9.